The molecule has 0 radical (unpaired) electrons. The van der Waals surface area contributed by atoms with E-state index in [1.54, 1.807) is 13.1 Å². The van der Waals surface area contributed by atoms with Gasteiger partial charge in [-0.3, -0.25) is 9.78 Å². The zero-order chi connectivity index (χ0) is 24.8. The van der Waals surface area contributed by atoms with Gasteiger partial charge in [-0.15, -0.1) is 0 Å². The summed E-state index contributed by atoms with van der Waals surface area (Å²) in [4.78, 5) is 23.5. The minimum Gasteiger partial charge on any atom is -0.492 e. The maximum absolute atomic E-state index is 12.2. The fraction of sp³-hybridized carbons (Fsp3) is 0.615. The molecule has 2 unspecified atom stereocenters. The molecule has 0 aromatic carbocycles. The summed E-state index contributed by atoms with van der Waals surface area (Å²) < 4.78 is 11.5. The molecule has 2 aliphatic rings. The van der Waals surface area contributed by atoms with Crippen LogP contribution in [0.3, 0.4) is 0 Å². The van der Waals surface area contributed by atoms with Gasteiger partial charge in [-0.1, -0.05) is 25.1 Å². The van der Waals surface area contributed by atoms with Gasteiger partial charge < -0.3 is 24.6 Å². The quantitative estimate of drug-likeness (QED) is 0.557. The fourth-order valence-electron chi connectivity index (χ4n) is 4.45. The number of aliphatic hydroxyl groups is 1. The summed E-state index contributed by atoms with van der Waals surface area (Å²) in [6.07, 6.45) is 7.71. The van der Waals surface area contributed by atoms with E-state index < -0.39 is 6.10 Å². The maximum Gasteiger partial charge on any atom is 0.324 e. The Hall–Kier alpha value is -2.94. The smallest absolute Gasteiger partial charge is 0.324 e. The van der Waals surface area contributed by atoms with Gasteiger partial charge in [0.2, 0.25) is 5.91 Å². The second kappa shape index (κ2) is 11.7. The molecule has 1 amide bonds. The van der Waals surface area contributed by atoms with Crippen molar-refractivity contribution in [3.8, 4) is 5.75 Å². The number of nitrogens with one attached hydrogen (secondary N) is 1. The number of aromatic nitrogens is 3. The van der Waals surface area contributed by atoms with Crippen molar-refractivity contribution in [2.24, 2.45) is 11.8 Å². The van der Waals surface area contributed by atoms with E-state index >= 15 is 0 Å². The molecule has 0 saturated carbocycles. The first-order valence-electron chi connectivity index (χ1n) is 12.7. The van der Waals surface area contributed by atoms with E-state index in [1.807, 2.05) is 12.1 Å². The average Bonchev–Trinajstić information content (AvgIpc) is 3.38. The van der Waals surface area contributed by atoms with E-state index in [2.05, 4.69) is 45.3 Å². The third-order valence-corrected chi connectivity index (χ3v) is 6.74. The number of ether oxygens (including phenoxy) is 1. The summed E-state index contributed by atoms with van der Waals surface area (Å²) in [5.41, 5.74) is 2.11. The molecular formula is C26H37N5O4. The maximum atomic E-state index is 12.2. The first-order chi connectivity index (χ1) is 16.9. The molecule has 1 aliphatic heterocycles. The summed E-state index contributed by atoms with van der Waals surface area (Å²) in [5.74, 6) is 2.25. The number of hydrogen-bond acceptors (Lipinski definition) is 8. The molecule has 9 heteroatoms. The molecule has 2 atom stereocenters. The molecular weight excluding hydrogens is 446 g/mol. The van der Waals surface area contributed by atoms with Crippen LogP contribution in [0.1, 0.15) is 70.3 Å². The van der Waals surface area contributed by atoms with Crippen LogP contribution >= 0.6 is 0 Å². The Morgan fingerprint density at radius 3 is 2.66 bits per heavy atom. The van der Waals surface area contributed by atoms with Crippen molar-refractivity contribution in [3.63, 3.8) is 0 Å². The minimum atomic E-state index is -0.527. The second-order valence-corrected chi connectivity index (χ2v) is 10.0. The number of hydrogen-bond donors (Lipinski definition) is 2. The van der Waals surface area contributed by atoms with Crippen molar-refractivity contribution in [1.82, 2.24) is 20.4 Å². The molecule has 0 bridgehead atoms. The van der Waals surface area contributed by atoms with Crippen molar-refractivity contribution in [2.45, 2.75) is 64.9 Å². The molecule has 35 heavy (non-hydrogen) atoms. The summed E-state index contributed by atoms with van der Waals surface area (Å²) in [6.45, 7) is 8.52. The molecule has 0 spiro atoms. The van der Waals surface area contributed by atoms with Crippen molar-refractivity contribution < 1.29 is 19.2 Å². The van der Waals surface area contributed by atoms with Crippen LogP contribution in [0.5, 0.6) is 5.75 Å². The van der Waals surface area contributed by atoms with Gasteiger partial charge in [0.05, 0.1) is 24.6 Å². The van der Waals surface area contributed by atoms with Crippen molar-refractivity contribution in [1.29, 1.82) is 0 Å². The topological polar surface area (TPSA) is 114 Å². The second-order valence-electron chi connectivity index (χ2n) is 10.0. The highest BCUT2D eigenvalue weighted by Crippen LogP contribution is 2.30. The van der Waals surface area contributed by atoms with E-state index in [9.17, 15) is 9.90 Å². The number of pyridine rings is 1. The van der Waals surface area contributed by atoms with Crippen LogP contribution in [-0.4, -0.2) is 58.5 Å². The van der Waals surface area contributed by atoms with Crippen LogP contribution in [0, 0.1) is 11.8 Å². The molecule has 190 valence electrons. The summed E-state index contributed by atoms with van der Waals surface area (Å²) >= 11 is 0. The van der Waals surface area contributed by atoms with Crippen molar-refractivity contribution >= 4 is 17.5 Å². The van der Waals surface area contributed by atoms with Crippen LogP contribution in [0.2, 0.25) is 0 Å². The Balaban J connectivity index is 1.20. The molecule has 2 N–H and O–H groups in total. The number of amides is 1. The number of anilines is 1. The standard InChI is InChI=1S/C26H37N5O4/c1-17(2)24-29-26(35-30-24)31-12-10-19(11-13-31)16-34-22-8-9-23(27-15-22)20-4-6-21(7-5-20)25(33)28-14-18(3)32/h4,8-9,15,17-19,21,32H,5-7,10-14,16H2,1-3H3,(H,28,33). The zero-order valence-corrected chi connectivity index (χ0v) is 20.9. The van der Waals surface area contributed by atoms with E-state index in [0.29, 0.717) is 31.5 Å². The van der Waals surface area contributed by atoms with Crippen molar-refractivity contribution in [3.05, 3.63) is 35.9 Å². The summed E-state index contributed by atoms with van der Waals surface area (Å²) in [6, 6.07) is 4.60. The van der Waals surface area contributed by atoms with Crippen LogP contribution in [-0.2, 0) is 4.79 Å². The van der Waals surface area contributed by atoms with Crippen molar-refractivity contribution in [2.75, 3.05) is 31.1 Å². The molecule has 4 rings (SSSR count). The number of rotatable bonds is 9. The summed E-state index contributed by atoms with van der Waals surface area (Å²) in [5, 5.41) is 16.2. The Kier molecular flexibility index (Phi) is 8.38. The lowest BCUT2D eigenvalue weighted by Crippen LogP contribution is -2.35. The third-order valence-electron chi connectivity index (χ3n) is 6.74. The number of allylic oxidation sites excluding steroid dienone is 2. The lowest BCUT2D eigenvalue weighted by molar-refractivity contribution is -0.125. The lowest BCUT2D eigenvalue weighted by Gasteiger charge is -2.30. The van der Waals surface area contributed by atoms with E-state index in [4.69, 9.17) is 9.26 Å². The number of carbonyl (C=O) groups excluding carboxylic acids is 1. The predicted octanol–water partition coefficient (Wildman–Crippen LogP) is 3.56. The molecule has 1 saturated heterocycles. The van der Waals surface area contributed by atoms with Gasteiger partial charge in [0.1, 0.15) is 5.75 Å². The van der Waals surface area contributed by atoms with Gasteiger partial charge in [-0.05, 0) is 62.7 Å². The molecule has 1 fully saturated rings. The SMILES string of the molecule is CC(O)CNC(=O)C1CC=C(c2ccc(OCC3CCN(c4nc(C(C)C)no4)CC3)cn2)CC1. The van der Waals surface area contributed by atoms with Crippen LogP contribution in [0.25, 0.3) is 5.57 Å². The Bertz CT molecular complexity index is 993. The third kappa shape index (κ3) is 6.81. The van der Waals surface area contributed by atoms with Crippen LogP contribution in [0.15, 0.2) is 28.9 Å². The largest absolute Gasteiger partial charge is 0.492 e. The number of carbonyl (C=O) groups is 1. The van der Waals surface area contributed by atoms with Gasteiger partial charge in [0.25, 0.3) is 0 Å². The first kappa shape index (κ1) is 25.2. The van der Waals surface area contributed by atoms with E-state index in [1.165, 1.54) is 5.57 Å². The van der Waals surface area contributed by atoms with Gasteiger partial charge in [-0.2, -0.15) is 4.98 Å². The predicted molar refractivity (Wildman–Crippen MR) is 133 cm³/mol. The Morgan fingerprint density at radius 2 is 2.06 bits per heavy atom. The molecule has 3 heterocycles. The van der Waals surface area contributed by atoms with Gasteiger partial charge in [-0.25, -0.2) is 0 Å². The monoisotopic (exact) mass is 483 g/mol. The average molecular weight is 484 g/mol. The fourth-order valence-corrected chi connectivity index (χ4v) is 4.45. The van der Waals surface area contributed by atoms with Gasteiger partial charge >= 0.3 is 6.01 Å². The number of aliphatic hydroxyl groups excluding tert-OH is 1. The Morgan fingerprint density at radius 1 is 1.26 bits per heavy atom. The number of nitrogens with zero attached hydrogens (tertiary/aromatic N) is 4. The summed E-state index contributed by atoms with van der Waals surface area (Å²) in [7, 11) is 0. The molecule has 2 aromatic heterocycles. The van der Waals surface area contributed by atoms with Crippen LogP contribution in [0.4, 0.5) is 6.01 Å². The molecule has 1 aliphatic carbocycles. The van der Waals surface area contributed by atoms with Gasteiger partial charge in [0, 0.05) is 31.5 Å². The Labute approximate surface area is 207 Å². The van der Waals surface area contributed by atoms with Crippen LogP contribution < -0.4 is 15.0 Å². The zero-order valence-electron chi connectivity index (χ0n) is 20.9. The normalized spacial score (nSPS) is 20.0. The molecule has 2 aromatic rings. The lowest BCUT2D eigenvalue weighted by atomic mass is 9.87. The molecule has 9 nitrogen and oxygen atoms in total. The van der Waals surface area contributed by atoms with E-state index in [-0.39, 0.29) is 17.7 Å². The van der Waals surface area contributed by atoms with E-state index in [0.717, 1.165) is 56.0 Å². The first-order valence-corrected chi connectivity index (χ1v) is 12.7. The number of piperidine rings is 1. The minimum absolute atomic E-state index is 0.0149. The van der Waals surface area contributed by atoms with Gasteiger partial charge in [0.15, 0.2) is 5.82 Å². The highest BCUT2D eigenvalue weighted by atomic mass is 16.5. The highest BCUT2D eigenvalue weighted by molar-refractivity contribution is 5.80. The highest BCUT2D eigenvalue weighted by Gasteiger charge is 2.25.